The van der Waals surface area contributed by atoms with E-state index in [9.17, 15) is 9.59 Å². The number of unbranched alkanes of at least 4 members (excludes halogenated alkanes) is 1. The van der Waals surface area contributed by atoms with Crippen molar-refractivity contribution in [3.8, 4) is 0 Å². The molecule has 3 rings (SSSR count). The zero-order chi connectivity index (χ0) is 17.8. The number of aromatic nitrogens is 1. The summed E-state index contributed by atoms with van der Waals surface area (Å²) in [7, 11) is 0. The molecule has 5 nitrogen and oxygen atoms in total. The number of carbonyl (C=O) groups excluding carboxylic acids is 2. The van der Waals surface area contributed by atoms with E-state index in [1.54, 1.807) is 0 Å². The van der Waals surface area contributed by atoms with Crippen LogP contribution in [0, 0.1) is 0 Å². The quantitative estimate of drug-likeness (QED) is 0.693. The van der Waals surface area contributed by atoms with E-state index in [-0.39, 0.29) is 12.5 Å². The van der Waals surface area contributed by atoms with E-state index in [0.29, 0.717) is 5.56 Å². The molecule has 1 amide bonds. The van der Waals surface area contributed by atoms with Gasteiger partial charge in [0, 0.05) is 47.8 Å². The smallest absolute Gasteiger partial charge is 0.256 e. The lowest BCUT2D eigenvalue weighted by molar-refractivity contribution is -0.108. The molecule has 0 spiro atoms. The fourth-order valence-corrected chi connectivity index (χ4v) is 3.76. The summed E-state index contributed by atoms with van der Waals surface area (Å²) in [5.74, 6) is 0.0582. The summed E-state index contributed by atoms with van der Waals surface area (Å²) in [6, 6.07) is 5.84. The Morgan fingerprint density at radius 1 is 1.24 bits per heavy atom. The molecule has 0 atom stereocenters. The number of piperazine rings is 1. The summed E-state index contributed by atoms with van der Waals surface area (Å²) in [5.41, 5.74) is 1.60. The van der Waals surface area contributed by atoms with Crippen LogP contribution in [0.25, 0.3) is 10.9 Å². The molecule has 0 aliphatic carbocycles. The van der Waals surface area contributed by atoms with Crippen molar-refractivity contribution in [3.63, 3.8) is 0 Å². The third kappa shape index (κ3) is 3.96. The number of nitrogens with zero attached hydrogens (tertiary/aromatic N) is 3. The molecule has 0 N–H and O–H groups in total. The van der Waals surface area contributed by atoms with E-state index in [4.69, 9.17) is 0 Å². The first-order chi connectivity index (χ1) is 12.1. The maximum atomic E-state index is 13.1. The number of carbonyl (C=O) groups is 2. The van der Waals surface area contributed by atoms with E-state index < -0.39 is 0 Å². The summed E-state index contributed by atoms with van der Waals surface area (Å²) in [6.45, 7) is 6.96. The Morgan fingerprint density at radius 3 is 2.68 bits per heavy atom. The molecule has 0 saturated carbocycles. The predicted octanol–water partition coefficient (Wildman–Crippen LogP) is 3.16. The molecular weight excluding hydrogens is 382 g/mol. The number of rotatable bonds is 6. The van der Waals surface area contributed by atoms with Crippen LogP contribution in [0.3, 0.4) is 0 Å². The molecule has 0 unspecified atom stereocenters. The molecule has 134 valence electrons. The second kappa shape index (κ2) is 8.15. The molecule has 1 fully saturated rings. The topological polar surface area (TPSA) is 45.5 Å². The number of amides is 1. The van der Waals surface area contributed by atoms with Crippen molar-refractivity contribution in [2.45, 2.75) is 26.3 Å². The van der Waals surface area contributed by atoms with E-state index >= 15 is 0 Å². The number of halogens is 1. The minimum atomic E-state index is 0.0582. The summed E-state index contributed by atoms with van der Waals surface area (Å²) in [4.78, 5) is 28.4. The Labute approximate surface area is 156 Å². The van der Waals surface area contributed by atoms with Crippen molar-refractivity contribution >= 4 is 39.0 Å². The van der Waals surface area contributed by atoms with Crippen LogP contribution >= 0.6 is 15.9 Å². The first-order valence-electron chi connectivity index (χ1n) is 8.87. The standard InChI is InChI=1S/C19H24BrN3O2/c1-2-3-6-21-7-9-22(10-8-21)19(25)17-14-23(11-12-24)18-5-4-15(20)13-16(17)18/h4-5,12-14H,2-3,6-11H2,1H3. The summed E-state index contributed by atoms with van der Waals surface area (Å²) in [5, 5.41) is 0.898. The van der Waals surface area contributed by atoms with Gasteiger partial charge in [-0.3, -0.25) is 9.69 Å². The highest BCUT2D eigenvalue weighted by Gasteiger charge is 2.24. The van der Waals surface area contributed by atoms with Crippen molar-refractivity contribution in [2.75, 3.05) is 32.7 Å². The Morgan fingerprint density at radius 2 is 2.00 bits per heavy atom. The highest BCUT2D eigenvalue weighted by atomic mass is 79.9. The zero-order valence-corrected chi connectivity index (χ0v) is 16.2. The van der Waals surface area contributed by atoms with Crippen molar-refractivity contribution in [3.05, 3.63) is 34.4 Å². The van der Waals surface area contributed by atoms with Gasteiger partial charge in [-0.15, -0.1) is 0 Å². The van der Waals surface area contributed by atoms with Crippen LogP contribution in [0.4, 0.5) is 0 Å². The first kappa shape index (κ1) is 18.1. The summed E-state index contributed by atoms with van der Waals surface area (Å²) >= 11 is 3.48. The molecule has 2 aromatic rings. The van der Waals surface area contributed by atoms with E-state index in [2.05, 4.69) is 27.8 Å². The molecule has 1 aromatic heterocycles. The van der Waals surface area contributed by atoms with Crippen LogP contribution < -0.4 is 0 Å². The van der Waals surface area contributed by atoms with Gasteiger partial charge < -0.3 is 14.3 Å². The van der Waals surface area contributed by atoms with Crippen LogP contribution in [-0.4, -0.2) is 59.3 Å². The molecule has 1 aliphatic heterocycles. The highest BCUT2D eigenvalue weighted by Crippen LogP contribution is 2.26. The molecule has 1 aliphatic rings. The lowest BCUT2D eigenvalue weighted by atomic mass is 10.1. The number of aldehydes is 1. The van der Waals surface area contributed by atoms with E-state index in [0.717, 1.165) is 54.4 Å². The third-order valence-electron chi connectivity index (χ3n) is 4.83. The van der Waals surface area contributed by atoms with Gasteiger partial charge in [0.25, 0.3) is 5.91 Å². The fraction of sp³-hybridized carbons (Fsp3) is 0.474. The first-order valence-corrected chi connectivity index (χ1v) is 9.67. The van der Waals surface area contributed by atoms with E-state index in [1.165, 1.54) is 12.8 Å². The maximum Gasteiger partial charge on any atom is 0.256 e. The third-order valence-corrected chi connectivity index (χ3v) is 5.33. The maximum absolute atomic E-state index is 13.1. The minimum absolute atomic E-state index is 0.0582. The number of hydrogen-bond donors (Lipinski definition) is 0. The van der Waals surface area contributed by atoms with Crippen molar-refractivity contribution in [1.29, 1.82) is 0 Å². The normalized spacial score (nSPS) is 15.7. The average molecular weight is 406 g/mol. The highest BCUT2D eigenvalue weighted by molar-refractivity contribution is 9.10. The van der Waals surface area contributed by atoms with Gasteiger partial charge in [0.2, 0.25) is 0 Å². The predicted molar refractivity (Wildman–Crippen MR) is 103 cm³/mol. The van der Waals surface area contributed by atoms with Gasteiger partial charge in [0.15, 0.2) is 0 Å². The van der Waals surface area contributed by atoms with Gasteiger partial charge in [0.1, 0.15) is 6.29 Å². The summed E-state index contributed by atoms with van der Waals surface area (Å²) < 4.78 is 2.78. The lowest BCUT2D eigenvalue weighted by Crippen LogP contribution is -2.48. The van der Waals surface area contributed by atoms with Gasteiger partial charge in [-0.2, -0.15) is 0 Å². The number of hydrogen-bond acceptors (Lipinski definition) is 3. The van der Waals surface area contributed by atoms with Gasteiger partial charge in [-0.05, 0) is 31.2 Å². The van der Waals surface area contributed by atoms with Crippen molar-refractivity contribution in [2.24, 2.45) is 0 Å². The van der Waals surface area contributed by atoms with Crippen LogP contribution in [0.2, 0.25) is 0 Å². The Hall–Kier alpha value is -1.66. The second-order valence-electron chi connectivity index (χ2n) is 6.51. The molecule has 1 saturated heterocycles. The van der Waals surface area contributed by atoms with Crippen LogP contribution in [0.15, 0.2) is 28.9 Å². The average Bonchev–Trinajstić information content (AvgIpc) is 2.98. The molecule has 25 heavy (non-hydrogen) atoms. The molecule has 6 heteroatoms. The molecule has 0 radical (unpaired) electrons. The SMILES string of the molecule is CCCCN1CCN(C(=O)c2cn(CC=O)c3ccc(Br)cc23)CC1. The van der Waals surface area contributed by atoms with Gasteiger partial charge in [-0.1, -0.05) is 29.3 Å². The second-order valence-corrected chi connectivity index (χ2v) is 7.43. The lowest BCUT2D eigenvalue weighted by Gasteiger charge is -2.34. The number of fused-ring (bicyclic) bond motifs is 1. The van der Waals surface area contributed by atoms with Crippen LogP contribution in [0.1, 0.15) is 30.1 Å². The molecule has 0 bridgehead atoms. The largest absolute Gasteiger partial charge is 0.340 e. The Balaban J connectivity index is 1.80. The van der Waals surface area contributed by atoms with Gasteiger partial charge in [-0.25, -0.2) is 0 Å². The van der Waals surface area contributed by atoms with Gasteiger partial charge in [0.05, 0.1) is 12.1 Å². The minimum Gasteiger partial charge on any atom is -0.340 e. The van der Waals surface area contributed by atoms with Crippen LogP contribution in [-0.2, 0) is 11.3 Å². The summed E-state index contributed by atoms with van der Waals surface area (Å²) in [6.07, 6.45) is 5.09. The van der Waals surface area contributed by atoms with Crippen molar-refractivity contribution in [1.82, 2.24) is 14.4 Å². The number of benzene rings is 1. The van der Waals surface area contributed by atoms with Crippen LogP contribution in [0.5, 0.6) is 0 Å². The monoisotopic (exact) mass is 405 g/mol. The zero-order valence-electron chi connectivity index (χ0n) is 14.6. The molecule has 2 heterocycles. The Kier molecular flexibility index (Phi) is 5.91. The Bertz CT molecular complexity index is 763. The molecule has 1 aromatic carbocycles. The molecular formula is C19H24BrN3O2. The fourth-order valence-electron chi connectivity index (χ4n) is 3.40. The van der Waals surface area contributed by atoms with Gasteiger partial charge >= 0.3 is 0 Å². The van der Waals surface area contributed by atoms with E-state index in [1.807, 2.05) is 33.9 Å². The van der Waals surface area contributed by atoms with Crippen molar-refractivity contribution < 1.29 is 9.59 Å².